The van der Waals surface area contributed by atoms with E-state index in [1.165, 1.54) is 0 Å². The third kappa shape index (κ3) is 1.49. The molecule has 0 aromatic rings. The van der Waals surface area contributed by atoms with Gasteiger partial charge in [0.05, 0.1) is 6.61 Å². The van der Waals surface area contributed by atoms with Crippen LogP contribution in [0.25, 0.3) is 0 Å². The minimum absolute atomic E-state index is 0.281. The van der Waals surface area contributed by atoms with E-state index in [0.717, 1.165) is 17.7 Å². The summed E-state index contributed by atoms with van der Waals surface area (Å²) in [6.45, 7) is 2.49. The second-order valence-electron chi connectivity index (χ2n) is 3.12. The van der Waals surface area contributed by atoms with E-state index in [1.807, 2.05) is 25.2 Å². The van der Waals surface area contributed by atoms with E-state index >= 15 is 0 Å². The molecule has 3 heteroatoms. The Bertz CT molecular complexity index is 326. The van der Waals surface area contributed by atoms with Crippen LogP contribution < -0.4 is 0 Å². The molecule has 0 unspecified atom stereocenters. The molecule has 1 saturated heterocycles. The lowest BCUT2D eigenvalue weighted by atomic mass is 10.2. The topological polar surface area (TPSA) is 29.5 Å². The van der Waals surface area contributed by atoms with Gasteiger partial charge < -0.3 is 4.74 Å². The first kappa shape index (κ1) is 8.10. The third-order valence-electron chi connectivity index (χ3n) is 2.11. The Balaban J connectivity index is 2.33. The van der Waals surface area contributed by atoms with Crippen molar-refractivity contribution in [2.45, 2.75) is 13.3 Å². The number of allylic oxidation sites excluding steroid dienone is 4. The highest BCUT2D eigenvalue weighted by atomic mass is 16.6. The van der Waals surface area contributed by atoms with Crippen molar-refractivity contribution in [3.05, 3.63) is 35.7 Å². The average Bonchev–Trinajstić information content (AvgIpc) is 2.30. The Labute approximate surface area is 77.0 Å². The molecule has 0 saturated carbocycles. The predicted octanol–water partition coefficient (Wildman–Crippen LogP) is 2.19. The molecule has 0 atom stereocenters. The SMILES string of the molecule is CC1=CC=C2CCOC(=O)N2C=C1. The summed E-state index contributed by atoms with van der Waals surface area (Å²) in [6.07, 6.45) is 8.14. The van der Waals surface area contributed by atoms with Crippen LogP contribution in [0.15, 0.2) is 35.7 Å². The van der Waals surface area contributed by atoms with E-state index in [1.54, 1.807) is 11.1 Å². The zero-order chi connectivity index (χ0) is 9.26. The summed E-state index contributed by atoms with van der Waals surface area (Å²) in [4.78, 5) is 12.8. The van der Waals surface area contributed by atoms with Gasteiger partial charge in [-0.05, 0) is 24.6 Å². The van der Waals surface area contributed by atoms with Crippen LogP contribution in [-0.2, 0) is 4.74 Å². The van der Waals surface area contributed by atoms with Crippen molar-refractivity contribution >= 4 is 6.09 Å². The number of rotatable bonds is 0. The summed E-state index contributed by atoms with van der Waals surface area (Å²) < 4.78 is 4.91. The van der Waals surface area contributed by atoms with Crippen LogP contribution >= 0.6 is 0 Å². The van der Waals surface area contributed by atoms with Crippen LogP contribution in [0.3, 0.4) is 0 Å². The molecular formula is C10H11NO2. The lowest BCUT2D eigenvalue weighted by Gasteiger charge is -2.25. The zero-order valence-electron chi connectivity index (χ0n) is 7.49. The molecule has 2 aliphatic heterocycles. The molecule has 0 aliphatic carbocycles. The molecular weight excluding hydrogens is 166 g/mol. The summed E-state index contributed by atoms with van der Waals surface area (Å²) in [7, 11) is 0. The normalized spacial score (nSPS) is 21.3. The lowest BCUT2D eigenvalue weighted by Crippen LogP contribution is -2.31. The van der Waals surface area contributed by atoms with Crippen molar-refractivity contribution in [1.29, 1.82) is 0 Å². The molecule has 3 nitrogen and oxygen atoms in total. The number of carbonyl (C=O) groups excluding carboxylic acids is 1. The van der Waals surface area contributed by atoms with Gasteiger partial charge >= 0.3 is 6.09 Å². The van der Waals surface area contributed by atoms with E-state index in [-0.39, 0.29) is 6.09 Å². The van der Waals surface area contributed by atoms with Crippen molar-refractivity contribution in [2.75, 3.05) is 6.61 Å². The Morgan fingerprint density at radius 1 is 1.46 bits per heavy atom. The molecule has 2 heterocycles. The molecule has 2 rings (SSSR count). The van der Waals surface area contributed by atoms with Gasteiger partial charge in [0, 0.05) is 18.3 Å². The second kappa shape index (κ2) is 3.09. The molecule has 0 bridgehead atoms. The van der Waals surface area contributed by atoms with Gasteiger partial charge in [-0.3, -0.25) is 4.90 Å². The maximum atomic E-state index is 11.3. The third-order valence-corrected chi connectivity index (χ3v) is 2.11. The number of nitrogens with zero attached hydrogens (tertiary/aromatic N) is 1. The van der Waals surface area contributed by atoms with E-state index in [4.69, 9.17) is 4.74 Å². The average molecular weight is 177 g/mol. The fraction of sp³-hybridized carbons (Fsp3) is 0.300. The van der Waals surface area contributed by atoms with E-state index < -0.39 is 0 Å². The van der Waals surface area contributed by atoms with Crippen LogP contribution in [0, 0.1) is 0 Å². The quantitative estimate of drug-likeness (QED) is 0.567. The molecule has 0 aromatic heterocycles. The van der Waals surface area contributed by atoms with Gasteiger partial charge in [-0.1, -0.05) is 6.08 Å². The highest BCUT2D eigenvalue weighted by Gasteiger charge is 2.22. The maximum absolute atomic E-state index is 11.3. The molecule has 0 aromatic carbocycles. The smallest absolute Gasteiger partial charge is 0.418 e. The molecule has 13 heavy (non-hydrogen) atoms. The van der Waals surface area contributed by atoms with Crippen molar-refractivity contribution in [1.82, 2.24) is 4.90 Å². The standard InChI is InChI=1S/C10H11NO2/c1-8-2-3-9-5-7-13-10(12)11(9)6-4-8/h2-4,6H,5,7H2,1H3. The number of cyclic esters (lactones) is 1. The number of carbonyl (C=O) groups is 1. The minimum atomic E-state index is -0.281. The van der Waals surface area contributed by atoms with Crippen molar-refractivity contribution < 1.29 is 9.53 Å². The predicted molar refractivity (Wildman–Crippen MR) is 48.8 cm³/mol. The lowest BCUT2D eigenvalue weighted by molar-refractivity contribution is 0.106. The monoisotopic (exact) mass is 177 g/mol. The van der Waals surface area contributed by atoms with Gasteiger partial charge in [0.25, 0.3) is 0 Å². The first-order chi connectivity index (χ1) is 6.27. The van der Waals surface area contributed by atoms with Gasteiger partial charge in [0.2, 0.25) is 0 Å². The van der Waals surface area contributed by atoms with Gasteiger partial charge in [0.15, 0.2) is 0 Å². The second-order valence-corrected chi connectivity index (χ2v) is 3.12. The van der Waals surface area contributed by atoms with Gasteiger partial charge in [-0.25, -0.2) is 4.79 Å². The van der Waals surface area contributed by atoms with Crippen LogP contribution in [0.1, 0.15) is 13.3 Å². The first-order valence-electron chi connectivity index (χ1n) is 4.29. The number of amides is 1. The van der Waals surface area contributed by atoms with Gasteiger partial charge in [-0.2, -0.15) is 0 Å². The van der Waals surface area contributed by atoms with E-state index in [9.17, 15) is 4.79 Å². The largest absolute Gasteiger partial charge is 0.449 e. The van der Waals surface area contributed by atoms with Crippen molar-refractivity contribution in [3.63, 3.8) is 0 Å². The Morgan fingerprint density at radius 3 is 3.15 bits per heavy atom. The van der Waals surface area contributed by atoms with Gasteiger partial charge in [0.1, 0.15) is 0 Å². The van der Waals surface area contributed by atoms with Gasteiger partial charge in [-0.15, -0.1) is 0 Å². The summed E-state index contributed by atoms with van der Waals surface area (Å²) >= 11 is 0. The van der Waals surface area contributed by atoms with E-state index in [2.05, 4.69) is 0 Å². The molecule has 1 amide bonds. The Kier molecular flexibility index (Phi) is 1.93. The number of fused-ring (bicyclic) bond motifs is 1. The molecule has 0 spiro atoms. The summed E-state index contributed by atoms with van der Waals surface area (Å²) in [6, 6.07) is 0. The molecule has 0 N–H and O–H groups in total. The first-order valence-corrected chi connectivity index (χ1v) is 4.29. The number of hydrogen-bond donors (Lipinski definition) is 0. The Hall–Kier alpha value is -1.51. The van der Waals surface area contributed by atoms with Crippen molar-refractivity contribution in [2.24, 2.45) is 0 Å². The van der Waals surface area contributed by atoms with Crippen LogP contribution in [0.5, 0.6) is 0 Å². The fourth-order valence-corrected chi connectivity index (χ4v) is 1.35. The Morgan fingerprint density at radius 2 is 2.31 bits per heavy atom. The zero-order valence-corrected chi connectivity index (χ0v) is 7.49. The fourth-order valence-electron chi connectivity index (χ4n) is 1.35. The van der Waals surface area contributed by atoms with Crippen LogP contribution in [0.2, 0.25) is 0 Å². The van der Waals surface area contributed by atoms with Crippen LogP contribution in [-0.4, -0.2) is 17.6 Å². The minimum Gasteiger partial charge on any atom is -0.449 e. The highest BCUT2D eigenvalue weighted by Crippen LogP contribution is 2.20. The van der Waals surface area contributed by atoms with Crippen molar-refractivity contribution in [3.8, 4) is 0 Å². The highest BCUT2D eigenvalue weighted by molar-refractivity contribution is 5.72. The molecule has 2 aliphatic rings. The molecule has 0 radical (unpaired) electrons. The number of ether oxygens (including phenoxy) is 1. The molecule has 68 valence electrons. The summed E-state index contributed by atoms with van der Waals surface area (Å²) in [5, 5.41) is 0. The summed E-state index contributed by atoms with van der Waals surface area (Å²) in [5.74, 6) is 0. The summed E-state index contributed by atoms with van der Waals surface area (Å²) in [5.41, 5.74) is 2.14. The van der Waals surface area contributed by atoms with E-state index in [0.29, 0.717) is 6.61 Å². The number of hydrogen-bond acceptors (Lipinski definition) is 2. The maximum Gasteiger partial charge on any atom is 0.418 e. The van der Waals surface area contributed by atoms with Crippen LogP contribution in [0.4, 0.5) is 4.79 Å². The molecule has 1 fully saturated rings.